The maximum absolute atomic E-state index is 6.44. The van der Waals surface area contributed by atoms with Gasteiger partial charge in [-0.2, -0.15) is 0 Å². The van der Waals surface area contributed by atoms with Crippen molar-refractivity contribution in [2.75, 3.05) is 0 Å². The largest absolute Gasteiger partial charge is 0.373 e. The highest BCUT2D eigenvalue weighted by molar-refractivity contribution is 6.12. The summed E-state index contributed by atoms with van der Waals surface area (Å²) in [5.41, 5.74) is 0. The highest BCUT2D eigenvalue weighted by Crippen LogP contribution is 2.40. The van der Waals surface area contributed by atoms with E-state index in [0.717, 1.165) is 6.42 Å². The van der Waals surface area contributed by atoms with E-state index in [2.05, 4.69) is 48.5 Å². The van der Waals surface area contributed by atoms with Crippen LogP contribution >= 0.6 is 0 Å². The van der Waals surface area contributed by atoms with Gasteiger partial charge in [0, 0.05) is 5.92 Å². The highest BCUT2D eigenvalue weighted by Gasteiger charge is 2.44. The molecule has 2 fully saturated rings. The Bertz CT molecular complexity index is 362. The van der Waals surface area contributed by atoms with Crippen LogP contribution in [0.1, 0.15) is 54.9 Å². The first kappa shape index (κ1) is 18.3. The van der Waals surface area contributed by atoms with Crippen molar-refractivity contribution in [3.63, 3.8) is 0 Å². The van der Waals surface area contributed by atoms with E-state index >= 15 is 0 Å². The van der Waals surface area contributed by atoms with E-state index in [1.165, 1.54) is 0 Å². The van der Waals surface area contributed by atoms with Gasteiger partial charge in [0.05, 0.1) is 32.3 Å². The van der Waals surface area contributed by atoms with E-state index in [-0.39, 0.29) is 42.4 Å². The molecule has 2 aliphatic heterocycles. The molecular weight excluding hydrogens is 275 g/mol. The first-order valence-corrected chi connectivity index (χ1v) is 8.99. The third kappa shape index (κ3) is 3.39. The van der Waals surface area contributed by atoms with Crippen molar-refractivity contribution in [1.82, 2.24) is 0 Å². The summed E-state index contributed by atoms with van der Waals surface area (Å²) in [5.74, 6) is 1.81. The third-order valence-electron chi connectivity index (χ3n) is 6.29. The minimum atomic E-state index is -0.160. The van der Waals surface area contributed by atoms with Gasteiger partial charge in [-0.05, 0) is 43.8 Å². The molecule has 3 nitrogen and oxygen atoms in total. The van der Waals surface area contributed by atoms with Gasteiger partial charge < -0.3 is 14.2 Å². The average Bonchev–Trinajstić information content (AvgIpc) is 2.50. The zero-order chi connectivity index (χ0) is 16.6. The van der Waals surface area contributed by atoms with Crippen molar-refractivity contribution in [3.8, 4) is 0 Å². The van der Waals surface area contributed by atoms with Gasteiger partial charge in [-0.15, -0.1) is 0 Å². The Labute approximate surface area is 137 Å². The van der Waals surface area contributed by atoms with Gasteiger partial charge in [-0.3, -0.25) is 0 Å². The van der Waals surface area contributed by atoms with Crippen molar-refractivity contribution >= 4 is 7.85 Å². The maximum atomic E-state index is 6.44. The van der Waals surface area contributed by atoms with Crippen molar-refractivity contribution < 1.29 is 14.2 Å². The first-order valence-electron chi connectivity index (χ1n) is 8.99. The van der Waals surface area contributed by atoms with Crippen molar-refractivity contribution in [1.29, 1.82) is 0 Å². The van der Waals surface area contributed by atoms with Crippen LogP contribution in [-0.2, 0) is 14.2 Å². The second-order valence-corrected chi connectivity index (χ2v) is 7.61. The molecular formula is C18H33BO3. The molecule has 4 unspecified atom stereocenters. The van der Waals surface area contributed by atoms with Gasteiger partial charge in [0.1, 0.15) is 0 Å². The van der Waals surface area contributed by atoms with Gasteiger partial charge in [-0.25, -0.2) is 0 Å². The lowest BCUT2D eigenvalue weighted by Crippen LogP contribution is -2.53. The summed E-state index contributed by atoms with van der Waals surface area (Å²) in [5, 5.41) is 0. The fraction of sp³-hybridized carbons (Fsp3) is 1.00. The quantitative estimate of drug-likeness (QED) is 0.742. The summed E-state index contributed by atoms with van der Waals surface area (Å²) >= 11 is 0. The van der Waals surface area contributed by atoms with E-state index in [1.807, 2.05) is 0 Å². The highest BCUT2D eigenvalue weighted by atomic mass is 16.7. The van der Waals surface area contributed by atoms with Crippen LogP contribution in [-0.4, -0.2) is 38.6 Å². The molecule has 0 aromatic carbocycles. The average molecular weight is 308 g/mol. The SMILES string of the molecule is [B]C1[C@@H](C)[C@H](O[C@@H]2OC(C)[C@@H](C)[C@@H](C)C2C)C(CC)O[C@@H]1C. The molecule has 126 valence electrons. The molecule has 2 aliphatic rings. The van der Waals surface area contributed by atoms with Crippen LogP contribution in [0.4, 0.5) is 0 Å². The number of hydrogen-bond donors (Lipinski definition) is 0. The molecule has 2 rings (SSSR count). The topological polar surface area (TPSA) is 27.7 Å². The molecule has 4 heteroatoms. The Morgan fingerprint density at radius 2 is 1.45 bits per heavy atom. The van der Waals surface area contributed by atoms with Crippen LogP contribution in [0.15, 0.2) is 0 Å². The summed E-state index contributed by atoms with van der Waals surface area (Å²) in [6, 6.07) is 0. The van der Waals surface area contributed by atoms with E-state index in [1.54, 1.807) is 0 Å². The summed E-state index contributed by atoms with van der Waals surface area (Å²) in [7, 11) is 6.30. The van der Waals surface area contributed by atoms with Crippen LogP contribution in [0.5, 0.6) is 0 Å². The van der Waals surface area contributed by atoms with E-state index in [4.69, 9.17) is 22.1 Å². The van der Waals surface area contributed by atoms with Gasteiger partial charge in [0.2, 0.25) is 0 Å². The van der Waals surface area contributed by atoms with Crippen molar-refractivity contribution in [2.45, 2.75) is 91.4 Å². The molecule has 0 amide bonds. The fourth-order valence-electron chi connectivity index (χ4n) is 3.89. The van der Waals surface area contributed by atoms with Crippen LogP contribution in [0, 0.1) is 23.7 Å². The zero-order valence-corrected chi connectivity index (χ0v) is 15.3. The molecule has 0 aromatic heterocycles. The predicted octanol–water partition coefficient (Wildman–Crippen LogP) is 3.82. The monoisotopic (exact) mass is 308 g/mol. The molecule has 2 radical (unpaired) electrons. The molecule has 0 N–H and O–H groups in total. The Kier molecular flexibility index (Phi) is 6.01. The minimum Gasteiger partial charge on any atom is -0.373 e. The molecule has 0 saturated carbocycles. The molecule has 0 spiro atoms. The molecule has 10 atom stereocenters. The van der Waals surface area contributed by atoms with Gasteiger partial charge >= 0.3 is 0 Å². The normalized spacial score (nSPS) is 53.4. The Morgan fingerprint density at radius 3 is 2.05 bits per heavy atom. The molecule has 2 saturated heterocycles. The van der Waals surface area contributed by atoms with Crippen LogP contribution in [0.2, 0.25) is 5.82 Å². The second-order valence-electron chi connectivity index (χ2n) is 7.61. The lowest BCUT2D eigenvalue weighted by molar-refractivity contribution is -0.290. The summed E-state index contributed by atoms with van der Waals surface area (Å²) < 4.78 is 18.7. The number of rotatable bonds is 3. The van der Waals surface area contributed by atoms with Gasteiger partial charge in [0.15, 0.2) is 6.29 Å². The van der Waals surface area contributed by atoms with E-state index < -0.39 is 0 Å². The summed E-state index contributed by atoms with van der Waals surface area (Å²) in [6.45, 7) is 15.3. The van der Waals surface area contributed by atoms with Gasteiger partial charge in [0.25, 0.3) is 0 Å². The maximum Gasteiger partial charge on any atom is 0.161 e. The lowest BCUT2D eigenvalue weighted by atomic mass is 9.68. The molecule has 22 heavy (non-hydrogen) atoms. The smallest absolute Gasteiger partial charge is 0.161 e. The van der Waals surface area contributed by atoms with E-state index in [9.17, 15) is 0 Å². The molecule has 0 aliphatic carbocycles. The lowest BCUT2D eigenvalue weighted by Gasteiger charge is -2.48. The van der Waals surface area contributed by atoms with E-state index in [0.29, 0.717) is 17.8 Å². The summed E-state index contributed by atoms with van der Waals surface area (Å²) in [4.78, 5) is 0. The predicted molar refractivity (Wildman–Crippen MR) is 90.0 cm³/mol. The first-order chi connectivity index (χ1) is 10.3. The fourth-order valence-corrected chi connectivity index (χ4v) is 3.89. The number of hydrogen-bond acceptors (Lipinski definition) is 3. The standard InChI is InChI=1S/C18H33BO3/c1-8-15-17(12(5)16(19)14(7)20-15)22-18-11(4)9(2)10(3)13(6)21-18/h9-18H,8H2,1-7H3/t9-,10+,11?,12-,13?,14-,15?,16?,17+,18+/m1/s1. The Balaban J connectivity index is 2.10. The second kappa shape index (κ2) is 7.23. The van der Waals surface area contributed by atoms with Gasteiger partial charge in [-0.1, -0.05) is 34.6 Å². The number of ether oxygens (including phenoxy) is 3. The van der Waals surface area contributed by atoms with Crippen molar-refractivity contribution in [2.24, 2.45) is 23.7 Å². The molecule has 2 heterocycles. The van der Waals surface area contributed by atoms with Crippen LogP contribution < -0.4 is 0 Å². The Morgan fingerprint density at radius 1 is 0.818 bits per heavy atom. The van der Waals surface area contributed by atoms with Crippen molar-refractivity contribution in [3.05, 3.63) is 0 Å². The minimum absolute atomic E-state index is 0.0106. The zero-order valence-electron chi connectivity index (χ0n) is 15.3. The van der Waals surface area contributed by atoms with Crippen LogP contribution in [0.25, 0.3) is 0 Å². The molecule has 0 aromatic rings. The Hall–Kier alpha value is -0.0551. The molecule has 0 bridgehead atoms. The van der Waals surface area contributed by atoms with Crippen LogP contribution in [0.3, 0.4) is 0 Å². The third-order valence-corrected chi connectivity index (χ3v) is 6.29. The summed E-state index contributed by atoms with van der Waals surface area (Å²) in [6.07, 6.45) is 1.20.